The second-order valence-corrected chi connectivity index (χ2v) is 6.52. The lowest BCUT2D eigenvalue weighted by Gasteiger charge is -2.34. The first-order valence-electron chi connectivity index (χ1n) is 7.76. The van der Waals surface area contributed by atoms with E-state index in [2.05, 4.69) is 17.3 Å². The van der Waals surface area contributed by atoms with Gasteiger partial charge in [0.1, 0.15) is 5.54 Å². The first-order valence-corrected chi connectivity index (χ1v) is 7.76. The third kappa shape index (κ3) is 3.11. The minimum Gasteiger partial charge on any atom is -0.368 e. The van der Waals surface area contributed by atoms with Gasteiger partial charge in [-0.3, -0.25) is 4.79 Å². The maximum atomic E-state index is 11.8. The lowest BCUT2D eigenvalue weighted by Crippen LogP contribution is -2.56. The van der Waals surface area contributed by atoms with Gasteiger partial charge in [-0.2, -0.15) is 0 Å². The lowest BCUT2D eigenvalue weighted by molar-refractivity contribution is -0.125. The summed E-state index contributed by atoms with van der Waals surface area (Å²) in [5, 5.41) is 3.22. The normalized spacial score (nSPS) is 31.6. The van der Waals surface area contributed by atoms with E-state index in [0.717, 1.165) is 38.1 Å². The molecule has 2 aliphatic rings. The molecule has 4 heteroatoms. The summed E-state index contributed by atoms with van der Waals surface area (Å²) in [6.45, 7) is 2.30. The summed E-state index contributed by atoms with van der Waals surface area (Å²) in [5.74, 6) is 1.15. The molecule has 4 nitrogen and oxygen atoms in total. The first-order chi connectivity index (χ1) is 9.08. The molecule has 3 N–H and O–H groups in total. The zero-order valence-electron chi connectivity index (χ0n) is 12.5. The van der Waals surface area contributed by atoms with Gasteiger partial charge < -0.3 is 16.0 Å². The highest BCUT2D eigenvalue weighted by molar-refractivity contribution is 5.85. The summed E-state index contributed by atoms with van der Waals surface area (Å²) in [6, 6.07) is 0. The molecular formula is C15H29N3O. The van der Waals surface area contributed by atoms with E-state index in [1.165, 1.54) is 25.8 Å². The Kier molecular flexibility index (Phi) is 4.85. The Morgan fingerprint density at radius 1 is 1.37 bits per heavy atom. The van der Waals surface area contributed by atoms with Crippen molar-refractivity contribution in [2.75, 3.05) is 27.2 Å². The third-order valence-electron chi connectivity index (χ3n) is 5.36. The lowest BCUT2D eigenvalue weighted by atomic mass is 9.83. The number of carbonyl (C=O) groups is 1. The number of nitrogens with zero attached hydrogens (tertiary/aromatic N) is 1. The molecule has 19 heavy (non-hydrogen) atoms. The van der Waals surface area contributed by atoms with Crippen molar-refractivity contribution in [2.24, 2.45) is 17.6 Å². The second kappa shape index (κ2) is 6.23. The van der Waals surface area contributed by atoms with Gasteiger partial charge in [-0.25, -0.2) is 0 Å². The van der Waals surface area contributed by atoms with E-state index in [1.807, 2.05) is 7.05 Å². The SMILES string of the molecule is CNC1(C(N)=O)CCCC1CCN(C)CC1CCC1. The smallest absolute Gasteiger partial charge is 0.238 e. The van der Waals surface area contributed by atoms with Crippen LogP contribution in [0.15, 0.2) is 0 Å². The summed E-state index contributed by atoms with van der Waals surface area (Å²) in [6.07, 6.45) is 8.42. The number of primary amides is 1. The molecule has 0 saturated heterocycles. The van der Waals surface area contributed by atoms with Crippen molar-refractivity contribution >= 4 is 5.91 Å². The van der Waals surface area contributed by atoms with Gasteiger partial charge in [0.15, 0.2) is 0 Å². The molecule has 2 fully saturated rings. The molecule has 2 rings (SSSR count). The van der Waals surface area contributed by atoms with Crippen LogP contribution in [-0.2, 0) is 4.79 Å². The summed E-state index contributed by atoms with van der Waals surface area (Å²) >= 11 is 0. The molecule has 0 bridgehead atoms. The molecule has 0 aliphatic heterocycles. The van der Waals surface area contributed by atoms with Crippen molar-refractivity contribution in [1.82, 2.24) is 10.2 Å². The molecule has 0 aromatic carbocycles. The molecule has 2 unspecified atom stereocenters. The number of nitrogens with one attached hydrogen (secondary N) is 1. The van der Waals surface area contributed by atoms with Crippen LogP contribution in [0.4, 0.5) is 0 Å². The number of likely N-dealkylation sites (N-methyl/N-ethyl adjacent to an activating group) is 1. The van der Waals surface area contributed by atoms with Gasteiger partial charge in [-0.15, -0.1) is 0 Å². The van der Waals surface area contributed by atoms with Crippen molar-refractivity contribution in [1.29, 1.82) is 0 Å². The van der Waals surface area contributed by atoms with E-state index in [-0.39, 0.29) is 5.91 Å². The number of hydrogen-bond donors (Lipinski definition) is 2. The van der Waals surface area contributed by atoms with Gasteiger partial charge in [0.05, 0.1) is 0 Å². The summed E-state index contributed by atoms with van der Waals surface area (Å²) in [5.41, 5.74) is 5.19. The predicted molar refractivity (Wildman–Crippen MR) is 77.8 cm³/mol. The summed E-state index contributed by atoms with van der Waals surface area (Å²) in [7, 11) is 4.08. The highest BCUT2D eigenvalue weighted by Crippen LogP contribution is 2.37. The van der Waals surface area contributed by atoms with Crippen LogP contribution in [0.3, 0.4) is 0 Å². The Bertz CT molecular complexity index is 317. The topological polar surface area (TPSA) is 58.4 Å². The van der Waals surface area contributed by atoms with Crippen molar-refractivity contribution in [2.45, 2.75) is 50.5 Å². The Hall–Kier alpha value is -0.610. The summed E-state index contributed by atoms with van der Waals surface area (Å²) < 4.78 is 0. The minimum atomic E-state index is -0.447. The average Bonchev–Trinajstić information content (AvgIpc) is 2.75. The minimum absolute atomic E-state index is 0.167. The van der Waals surface area contributed by atoms with Crippen LogP contribution in [0.5, 0.6) is 0 Å². The maximum Gasteiger partial charge on any atom is 0.238 e. The Balaban J connectivity index is 1.81. The number of amides is 1. The standard InChI is InChI=1S/C15H29N3O/c1-17-15(14(16)19)9-4-7-13(15)8-10-18(2)11-12-5-3-6-12/h12-13,17H,3-11H2,1-2H3,(H2,16,19). The fourth-order valence-electron chi connectivity index (χ4n) is 3.83. The van der Waals surface area contributed by atoms with Gasteiger partial charge in [0, 0.05) is 6.54 Å². The second-order valence-electron chi connectivity index (χ2n) is 6.52. The van der Waals surface area contributed by atoms with Crippen LogP contribution in [0.25, 0.3) is 0 Å². The molecule has 1 amide bonds. The van der Waals surface area contributed by atoms with E-state index in [1.54, 1.807) is 0 Å². The van der Waals surface area contributed by atoms with Crippen molar-refractivity contribution in [3.05, 3.63) is 0 Å². The van der Waals surface area contributed by atoms with Crippen molar-refractivity contribution < 1.29 is 4.79 Å². The molecule has 0 aromatic rings. The molecule has 2 saturated carbocycles. The highest BCUT2D eigenvalue weighted by atomic mass is 16.1. The maximum absolute atomic E-state index is 11.8. The molecule has 0 spiro atoms. The largest absolute Gasteiger partial charge is 0.368 e. The van der Waals surface area contributed by atoms with E-state index >= 15 is 0 Å². The Morgan fingerprint density at radius 2 is 2.11 bits per heavy atom. The first kappa shape index (κ1) is 14.8. The van der Waals surface area contributed by atoms with Crippen molar-refractivity contribution in [3.63, 3.8) is 0 Å². The van der Waals surface area contributed by atoms with Crippen molar-refractivity contribution in [3.8, 4) is 0 Å². The molecule has 0 heterocycles. The Labute approximate surface area is 117 Å². The molecule has 110 valence electrons. The highest BCUT2D eigenvalue weighted by Gasteiger charge is 2.46. The van der Waals surface area contributed by atoms with Crippen LogP contribution in [0, 0.1) is 11.8 Å². The van der Waals surface area contributed by atoms with E-state index in [9.17, 15) is 4.79 Å². The zero-order chi connectivity index (χ0) is 13.9. The van der Waals surface area contributed by atoms with E-state index in [0.29, 0.717) is 5.92 Å². The number of carbonyl (C=O) groups excluding carboxylic acids is 1. The molecular weight excluding hydrogens is 238 g/mol. The van der Waals surface area contributed by atoms with Gasteiger partial charge in [0.2, 0.25) is 5.91 Å². The average molecular weight is 267 g/mol. The van der Waals surface area contributed by atoms with Gasteiger partial charge in [-0.05, 0) is 64.6 Å². The Morgan fingerprint density at radius 3 is 2.63 bits per heavy atom. The molecule has 0 radical (unpaired) electrons. The van der Waals surface area contributed by atoms with Crippen LogP contribution in [-0.4, -0.2) is 43.5 Å². The van der Waals surface area contributed by atoms with Gasteiger partial charge in [-0.1, -0.05) is 12.8 Å². The van der Waals surface area contributed by atoms with E-state index < -0.39 is 5.54 Å². The quantitative estimate of drug-likeness (QED) is 0.732. The number of rotatable bonds is 7. The van der Waals surface area contributed by atoms with Crippen LogP contribution in [0.2, 0.25) is 0 Å². The van der Waals surface area contributed by atoms with Crippen LogP contribution >= 0.6 is 0 Å². The predicted octanol–water partition coefficient (Wildman–Crippen LogP) is 1.35. The number of nitrogens with two attached hydrogens (primary N) is 1. The summed E-state index contributed by atoms with van der Waals surface area (Å²) in [4.78, 5) is 14.2. The molecule has 0 aromatic heterocycles. The fourth-order valence-corrected chi connectivity index (χ4v) is 3.83. The fraction of sp³-hybridized carbons (Fsp3) is 0.933. The zero-order valence-corrected chi connectivity index (χ0v) is 12.5. The van der Waals surface area contributed by atoms with Gasteiger partial charge >= 0.3 is 0 Å². The third-order valence-corrected chi connectivity index (χ3v) is 5.36. The number of hydrogen-bond acceptors (Lipinski definition) is 3. The molecule has 2 atom stereocenters. The van der Waals surface area contributed by atoms with E-state index in [4.69, 9.17) is 5.73 Å². The van der Waals surface area contributed by atoms with Crippen LogP contribution < -0.4 is 11.1 Å². The van der Waals surface area contributed by atoms with Gasteiger partial charge in [0.25, 0.3) is 0 Å². The molecule has 2 aliphatic carbocycles. The van der Waals surface area contributed by atoms with Crippen LogP contribution in [0.1, 0.15) is 44.9 Å². The monoisotopic (exact) mass is 267 g/mol.